The minimum absolute atomic E-state index is 0.0505. The minimum atomic E-state index is -1.44. The molecule has 1 aromatic heterocycles. The topological polar surface area (TPSA) is 128 Å². The van der Waals surface area contributed by atoms with Gasteiger partial charge >= 0.3 is 0 Å². The number of carbonyl (C=O) groups is 1. The zero-order chi connectivity index (χ0) is 14.4. The molecule has 2 aromatic rings. The summed E-state index contributed by atoms with van der Waals surface area (Å²) in [5, 5.41) is 16.3. The highest BCUT2D eigenvalue weighted by Gasteiger charge is 2.10. The fourth-order valence-corrected chi connectivity index (χ4v) is 1.61. The first-order chi connectivity index (χ1) is 9.70. The second-order valence-electron chi connectivity index (χ2n) is 3.73. The second kappa shape index (κ2) is 6.17. The van der Waals surface area contributed by atoms with Gasteiger partial charge in [-0.25, -0.2) is 9.97 Å². The molecule has 1 aromatic carbocycles. The summed E-state index contributed by atoms with van der Waals surface area (Å²) in [5.41, 5.74) is 7.98. The van der Waals surface area contributed by atoms with Crippen molar-refractivity contribution in [3.8, 4) is 11.3 Å². The highest BCUT2D eigenvalue weighted by Crippen LogP contribution is 2.25. The van der Waals surface area contributed by atoms with Crippen molar-refractivity contribution < 1.29 is 9.90 Å². The van der Waals surface area contributed by atoms with Crippen LogP contribution in [0.5, 0.6) is 0 Å². The molecule has 0 bridgehead atoms. The largest absolute Gasteiger partial charge is 0.530 e. The van der Waals surface area contributed by atoms with E-state index < -0.39 is 6.09 Å². The lowest BCUT2D eigenvalue weighted by molar-refractivity contribution is -0.242. The van der Waals surface area contributed by atoms with Crippen molar-refractivity contribution in [2.24, 2.45) is 5.11 Å². The Bertz CT molecular complexity index is 667. The van der Waals surface area contributed by atoms with Gasteiger partial charge < -0.3 is 15.2 Å². The predicted octanol–water partition coefficient (Wildman–Crippen LogP) is 0.949. The predicted molar refractivity (Wildman–Crippen MR) is 67.5 cm³/mol. The normalized spacial score (nSPS) is 9.60. The summed E-state index contributed by atoms with van der Waals surface area (Å²) < 4.78 is 0. The van der Waals surface area contributed by atoms with E-state index in [1.54, 1.807) is 12.1 Å². The number of nitrogens with zero attached hydrogens (tertiary/aromatic N) is 4. The highest BCUT2D eigenvalue weighted by atomic mass is 16.4. The molecule has 8 nitrogen and oxygen atoms in total. The van der Waals surface area contributed by atoms with E-state index in [1.807, 2.05) is 18.2 Å². The molecule has 2 rings (SSSR count). The molecule has 0 aliphatic heterocycles. The number of benzene rings is 1. The Balaban J connectivity index is 2.47. The minimum Gasteiger partial charge on any atom is -0.530 e. The SMILES string of the molecule is N=[N+]=NCc1ncc(NC(=O)[O-])c(-c2ccccc2)n1. The van der Waals surface area contributed by atoms with E-state index in [2.05, 4.69) is 25.3 Å². The van der Waals surface area contributed by atoms with Crippen molar-refractivity contribution in [1.82, 2.24) is 14.9 Å². The number of aromatic nitrogens is 2. The van der Waals surface area contributed by atoms with E-state index in [9.17, 15) is 9.90 Å². The van der Waals surface area contributed by atoms with Crippen LogP contribution in [0.1, 0.15) is 5.82 Å². The maximum Gasteiger partial charge on any atom is 0.214 e. The maximum atomic E-state index is 10.7. The zero-order valence-electron chi connectivity index (χ0n) is 10.3. The van der Waals surface area contributed by atoms with Crippen LogP contribution in [0.3, 0.4) is 0 Å². The number of rotatable bonds is 4. The van der Waals surface area contributed by atoms with Gasteiger partial charge in [-0.3, -0.25) is 0 Å². The van der Waals surface area contributed by atoms with Gasteiger partial charge in [0.15, 0.2) is 12.4 Å². The smallest absolute Gasteiger partial charge is 0.214 e. The lowest BCUT2D eigenvalue weighted by Gasteiger charge is -2.11. The van der Waals surface area contributed by atoms with Crippen LogP contribution in [-0.2, 0) is 6.54 Å². The summed E-state index contributed by atoms with van der Waals surface area (Å²) in [5.74, 6) is 0.337. The molecule has 0 radical (unpaired) electrons. The molecule has 0 atom stereocenters. The molecule has 0 saturated heterocycles. The van der Waals surface area contributed by atoms with Gasteiger partial charge in [-0.05, 0) is 0 Å². The molecule has 0 aliphatic rings. The van der Waals surface area contributed by atoms with Gasteiger partial charge in [-0.2, -0.15) is 0 Å². The molecule has 8 heteroatoms. The third-order valence-corrected chi connectivity index (χ3v) is 2.41. The van der Waals surface area contributed by atoms with Crippen molar-refractivity contribution in [3.63, 3.8) is 0 Å². The van der Waals surface area contributed by atoms with Crippen molar-refractivity contribution >= 4 is 11.8 Å². The van der Waals surface area contributed by atoms with Crippen LogP contribution in [-0.4, -0.2) is 16.1 Å². The lowest BCUT2D eigenvalue weighted by Crippen LogP contribution is -2.29. The van der Waals surface area contributed by atoms with Crippen LogP contribution in [0.2, 0.25) is 0 Å². The number of anilines is 1. The summed E-state index contributed by atoms with van der Waals surface area (Å²) in [6, 6.07) is 9.04. The molecular formula is C12H10N6O2. The fraction of sp³-hybridized carbons (Fsp3) is 0.0833. The molecular weight excluding hydrogens is 260 g/mol. The molecule has 20 heavy (non-hydrogen) atoms. The highest BCUT2D eigenvalue weighted by molar-refractivity contribution is 5.87. The van der Waals surface area contributed by atoms with Crippen LogP contribution < -0.4 is 15.3 Å². The molecule has 100 valence electrons. The van der Waals surface area contributed by atoms with Gasteiger partial charge in [0.05, 0.1) is 17.6 Å². The number of carboxylic acid groups (broad SMARTS) is 1. The van der Waals surface area contributed by atoms with Crippen LogP contribution >= 0.6 is 0 Å². The molecule has 0 saturated carbocycles. The van der Waals surface area contributed by atoms with E-state index in [0.717, 1.165) is 5.56 Å². The molecule has 0 aliphatic carbocycles. The van der Waals surface area contributed by atoms with Gasteiger partial charge in [0, 0.05) is 5.56 Å². The molecule has 0 unspecified atom stereocenters. The van der Waals surface area contributed by atoms with E-state index in [-0.39, 0.29) is 12.2 Å². The van der Waals surface area contributed by atoms with Gasteiger partial charge in [0.1, 0.15) is 16.7 Å². The first-order valence-corrected chi connectivity index (χ1v) is 5.63. The summed E-state index contributed by atoms with van der Waals surface area (Å²) >= 11 is 0. The number of hydrogen-bond acceptors (Lipinski definition) is 6. The van der Waals surface area contributed by atoms with Gasteiger partial charge in [-0.15, -0.1) is 0 Å². The molecule has 0 fully saturated rings. The standard InChI is InChI=1S/C12H10N6O2/c13-18-15-7-10-14-6-9(16-12(19)20)11(17-10)8-4-2-1-3-5-8/h1-6,13,16H,7H2. The van der Waals surface area contributed by atoms with Crippen LogP contribution in [0.25, 0.3) is 11.3 Å². The van der Waals surface area contributed by atoms with Gasteiger partial charge in [0.25, 0.3) is 0 Å². The summed E-state index contributed by atoms with van der Waals surface area (Å²) in [4.78, 5) is 21.7. The van der Waals surface area contributed by atoms with E-state index in [1.165, 1.54) is 6.20 Å². The first-order valence-electron chi connectivity index (χ1n) is 5.63. The van der Waals surface area contributed by atoms with Crippen molar-refractivity contribution in [3.05, 3.63) is 42.4 Å². The third kappa shape index (κ3) is 3.21. The van der Waals surface area contributed by atoms with E-state index in [4.69, 9.17) is 5.53 Å². The summed E-state index contributed by atoms with van der Waals surface area (Å²) in [7, 11) is 0. The molecule has 1 amide bonds. The Hall–Kier alpha value is -3.12. The van der Waals surface area contributed by atoms with Crippen LogP contribution in [0.4, 0.5) is 10.5 Å². The summed E-state index contributed by atoms with van der Waals surface area (Å²) in [6.45, 7) is 0.0505. The van der Waals surface area contributed by atoms with Crippen molar-refractivity contribution in [2.75, 3.05) is 5.32 Å². The van der Waals surface area contributed by atoms with Crippen molar-refractivity contribution in [1.29, 1.82) is 5.53 Å². The van der Waals surface area contributed by atoms with Crippen molar-refractivity contribution in [2.45, 2.75) is 6.54 Å². The van der Waals surface area contributed by atoms with Gasteiger partial charge in [0.2, 0.25) is 4.91 Å². The average molecular weight is 270 g/mol. The Morgan fingerprint density at radius 1 is 1.40 bits per heavy atom. The number of amides is 1. The monoisotopic (exact) mass is 270 g/mol. The third-order valence-electron chi connectivity index (χ3n) is 2.41. The molecule has 2 N–H and O–H groups in total. The average Bonchev–Trinajstić information content (AvgIpc) is 2.46. The van der Waals surface area contributed by atoms with Gasteiger partial charge in [-0.1, -0.05) is 30.3 Å². The number of carbonyl (C=O) groups excluding carboxylic acids is 1. The first kappa shape index (κ1) is 13.3. The Morgan fingerprint density at radius 2 is 2.15 bits per heavy atom. The lowest BCUT2D eigenvalue weighted by atomic mass is 10.1. The maximum absolute atomic E-state index is 10.7. The molecule has 1 heterocycles. The summed E-state index contributed by atoms with van der Waals surface area (Å²) in [6.07, 6.45) is -0.107. The number of nitrogens with one attached hydrogen (secondary N) is 2. The quantitative estimate of drug-likeness (QED) is 0.632. The Labute approximate surface area is 113 Å². The van der Waals surface area contributed by atoms with E-state index >= 15 is 0 Å². The Kier molecular flexibility index (Phi) is 4.10. The fourth-order valence-electron chi connectivity index (χ4n) is 1.61. The van der Waals surface area contributed by atoms with Crippen LogP contribution in [0.15, 0.2) is 41.6 Å². The van der Waals surface area contributed by atoms with Crippen LogP contribution in [0, 0.1) is 5.53 Å². The Morgan fingerprint density at radius 3 is 2.80 bits per heavy atom. The number of hydrogen-bond donors (Lipinski definition) is 2. The zero-order valence-corrected chi connectivity index (χ0v) is 10.3. The molecule has 0 spiro atoms. The van der Waals surface area contributed by atoms with E-state index in [0.29, 0.717) is 11.5 Å². The second-order valence-corrected chi connectivity index (χ2v) is 3.73.